The SMILES string of the molecule is CC(C)N(CCC(N)=NO)C(=O)c1coc2ccccc12. The normalized spacial score (nSPS) is 12.0. The second-order valence-corrected chi connectivity index (χ2v) is 5.08. The number of amides is 1. The van der Waals surface area contributed by atoms with E-state index in [9.17, 15) is 4.79 Å². The Morgan fingerprint density at radius 1 is 1.43 bits per heavy atom. The topological polar surface area (TPSA) is 92.1 Å². The van der Waals surface area contributed by atoms with Gasteiger partial charge in [0.15, 0.2) is 0 Å². The fourth-order valence-electron chi connectivity index (χ4n) is 2.18. The molecule has 112 valence electrons. The molecule has 1 amide bonds. The van der Waals surface area contributed by atoms with Crippen molar-refractivity contribution < 1.29 is 14.4 Å². The third-order valence-corrected chi connectivity index (χ3v) is 3.33. The van der Waals surface area contributed by atoms with E-state index in [0.29, 0.717) is 24.1 Å². The Kier molecular flexibility index (Phi) is 4.47. The number of hydrogen-bond donors (Lipinski definition) is 2. The molecule has 6 nitrogen and oxygen atoms in total. The lowest BCUT2D eigenvalue weighted by Crippen LogP contribution is -2.39. The summed E-state index contributed by atoms with van der Waals surface area (Å²) in [4.78, 5) is 14.4. The first kappa shape index (κ1) is 14.9. The summed E-state index contributed by atoms with van der Waals surface area (Å²) in [6.07, 6.45) is 1.79. The summed E-state index contributed by atoms with van der Waals surface area (Å²) in [6, 6.07) is 7.40. The smallest absolute Gasteiger partial charge is 0.257 e. The summed E-state index contributed by atoms with van der Waals surface area (Å²) in [5, 5.41) is 12.3. The van der Waals surface area contributed by atoms with Crippen molar-refractivity contribution in [2.24, 2.45) is 10.9 Å². The molecule has 0 saturated heterocycles. The first-order valence-corrected chi connectivity index (χ1v) is 6.78. The molecule has 0 aliphatic carbocycles. The van der Waals surface area contributed by atoms with E-state index in [1.807, 2.05) is 38.1 Å². The molecule has 0 aliphatic heterocycles. The van der Waals surface area contributed by atoms with Crippen LogP contribution in [0.3, 0.4) is 0 Å². The number of nitrogens with two attached hydrogens (primary N) is 1. The van der Waals surface area contributed by atoms with E-state index in [2.05, 4.69) is 5.16 Å². The number of furan rings is 1. The molecule has 0 unspecified atom stereocenters. The lowest BCUT2D eigenvalue weighted by atomic mass is 10.1. The van der Waals surface area contributed by atoms with Gasteiger partial charge in [0.2, 0.25) is 0 Å². The van der Waals surface area contributed by atoms with Crippen molar-refractivity contribution in [2.45, 2.75) is 26.3 Å². The summed E-state index contributed by atoms with van der Waals surface area (Å²) in [7, 11) is 0. The number of rotatable bonds is 5. The molecule has 1 heterocycles. The summed E-state index contributed by atoms with van der Waals surface area (Å²) in [5.74, 6) is -0.0220. The first-order valence-electron chi connectivity index (χ1n) is 6.78. The van der Waals surface area contributed by atoms with E-state index >= 15 is 0 Å². The van der Waals surface area contributed by atoms with Gasteiger partial charge in [-0.1, -0.05) is 23.4 Å². The molecule has 0 aliphatic rings. The van der Waals surface area contributed by atoms with Crippen LogP contribution in [0.1, 0.15) is 30.6 Å². The average molecular weight is 289 g/mol. The van der Waals surface area contributed by atoms with Gasteiger partial charge in [0.25, 0.3) is 5.91 Å². The van der Waals surface area contributed by atoms with Gasteiger partial charge in [-0.05, 0) is 19.9 Å². The molecule has 3 N–H and O–H groups in total. The van der Waals surface area contributed by atoms with Crippen molar-refractivity contribution in [3.8, 4) is 0 Å². The molecular weight excluding hydrogens is 270 g/mol. The summed E-state index contributed by atoms with van der Waals surface area (Å²) >= 11 is 0. The molecule has 0 bridgehead atoms. The van der Waals surface area contributed by atoms with Crippen LogP contribution in [0.2, 0.25) is 0 Å². The highest BCUT2D eigenvalue weighted by molar-refractivity contribution is 6.06. The minimum Gasteiger partial charge on any atom is -0.463 e. The molecule has 0 spiro atoms. The predicted molar refractivity (Wildman–Crippen MR) is 80.4 cm³/mol. The van der Waals surface area contributed by atoms with E-state index in [1.165, 1.54) is 6.26 Å². The van der Waals surface area contributed by atoms with Crippen LogP contribution in [0, 0.1) is 0 Å². The molecule has 6 heteroatoms. The third-order valence-electron chi connectivity index (χ3n) is 3.33. The molecule has 0 atom stereocenters. The minimum absolute atomic E-state index is 0.00217. The van der Waals surface area contributed by atoms with Gasteiger partial charge in [0.05, 0.1) is 5.56 Å². The molecule has 2 rings (SSSR count). The molecule has 21 heavy (non-hydrogen) atoms. The second-order valence-electron chi connectivity index (χ2n) is 5.08. The van der Waals surface area contributed by atoms with Crippen LogP contribution in [0.4, 0.5) is 0 Å². The molecule has 1 aromatic carbocycles. The fourth-order valence-corrected chi connectivity index (χ4v) is 2.18. The van der Waals surface area contributed by atoms with Gasteiger partial charge in [-0.3, -0.25) is 4.79 Å². The van der Waals surface area contributed by atoms with Crippen LogP contribution in [0.5, 0.6) is 0 Å². The number of oxime groups is 1. The molecule has 0 saturated carbocycles. The standard InChI is InChI=1S/C15H19N3O3/c1-10(2)18(8-7-14(16)17-20)15(19)12-9-21-13-6-4-3-5-11(12)13/h3-6,9-10,20H,7-8H2,1-2H3,(H2,16,17). The fraction of sp³-hybridized carbons (Fsp3) is 0.333. The first-order chi connectivity index (χ1) is 10.0. The highest BCUT2D eigenvalue weighted by atomic mass is 16.4. The lowest BCUT2D eigenvalue weighted by molar-refractivity contribution is 0.0712. The highest BCUT2D eigenvalue weighted by Gasteiger charge is 2.22. The average Bonchev–Trinajstić information content (AvgIpc) is 2.90. The van der Waals surface area contributed by atoms with Gasteiger partial charge < -0.3 is 20.3 Å². The number of fused-ring (bicyclic) bond motifs is 1. The Morgan fingerprint density at radius 3 is 2.81 bits per heavy atom. The van der Waals surface area contributed by atoms with Gasteiger partial charge in [0, 0.05) is 24.4 Å². The van der Waals surface area contributed by atoms with Gasteiger partial charge >= 0.3 is 0 Å². The summed E-state index contributed by atoms with van der Waals surface area (Å²) in [5.41, 5.74) is 6.68. The number of carbonyl (C=O) groups excluding carboxylic acids is 1. The Bertz CT molecular complexity index is 661. The van der Waals surface area contributed by atoms with Crippen molar-refractivity contribution in [2.75, 3.05) is 6.54 Å². The van der Waals surface area contributed by atoms with Crippen LogP contribution in [0.25, 0.3) is 11.0 Å². The minimum atomic E-state index is -0.124. The highest BCUT2D eigenvalue weighted by Crippen LogP contribution is 2.22. The number of benzene rings is 1. The van der Waals surface area contributed by atoms with Gasteiger partial charge in [-0.25, -0.2) is 0 Å². The number of amidine groups is 1. The Hall–Kier alpha value is -2.50. The van der Waals surface area contributed by atoms with E-state index in [1.54, 1.807) is 4.90 Å². The molecule has 2 aromatic rings. The van der Waals surface area contributed by atoms with Gasteiger partial charge in [-0.15, -0.1) is 0 Å². The van der Waals surface area contributed by atoms with Crippen LogP contribution in [-0.2, 0) is 0 Å². The summed E-state index contributed by atoms with van der Waals surface area (Å²) < 4.78 is 5.41. The number of carbonyl (C=O) groups is 1. The van der Waals surface area contributed by atoms with Crippen LogP contribution in [-0.4, -0.2) is 34.4 Å². The second kappa shape index (κ2) is 6.30. The zero-order valence-corrected chi connectivity index (χ0v) is 12.1. The number of para-hydroxylation sites is 1. The molecular formula is C15H19N3O3. The Balaban J connectivity index is 2.26. The Morgan fingerprint density at radius 2 is 2.14 bits per heavy atom. The lowest BCUT2D eigenvalue weighted by Gasteiger charge is -2.26. The van der Waals surface area contributed by atoms with Crippen LogP contribution >= 0.6 is 0 Å². The quantitative estimate of drug-likeness (QED) is 0.382. The van der Waals surface area contributed by atoms with Crippen LogP contribution in [0.15, 0.2) is 40.1 Å². The van der Waals surface area contributed by atoms with E-state index in [4.69, 9.17) is 15.4 Å². The van der Waals surface area contributed by atoms with Crippen molar-refractivity contribution >= 4 is 22.7 Å². The van der Waals surface area contributed by atoms with E-state index in [-0.39, 0.29) is 17.8 Å². The van der Waals surface area contributed by atoms with Crippen molar-refractivity contribution in [3.05, 3.63) is 36.1 Å². The maximum Gasteiger partial charge on any atom is 0.257 e. The van der Waals surface area contributed by atoms with Crippen molar-refractivity contribution in [1.29, 1.82) is 0 Å². The maximum absolute atomic E-state index is 12.7. The van der Waals surface area contributed by atoms with Gasteiger partial charge in [-0.2, -0.15) is 0 Å². The monoisotopic (exact) mass is 289 g/mol. The van der Waals surface area contributed by atoms with Crippen LogP contribution < -0.4 is 5.73 Å². The van der Waals surface area contributed by atoms with Crippen molar-refractivity contribution in [1.82, 2.24) is 4.90 Å². The van der Waals surface area contributed by atoms with Crippen molar-refractivity contribution in [3.63, 3.8) is 0 Å². The Labute approximate surface area is 122 Å². The largest absolute Gasteiger partial charge is 0.463 e. The van der Waals surface area contributed by atoms with Gasteiger partial charge in [0.1, 0.15) is 17.7 Å². The third kappa shape index (κ3) is 3.16. The molecule has 0 fully saturated rings. The number of nitrogens with zero attached hydrogens (tertiary/aromatic N) is 2. The zero-order chi connectivity index (χ0) is 15.4. The predicted octanol–water partition coefficient (Wildman–Crippen LogP) is 2.42. The molecule has 0 radical (unpaired) electrons. The molecule has 1 aromatic heterocycles. The zero-order valence-electron chi connectivity index (χ0n) is 12.1. The van der Waals surface area contributed by atoms with E-state index < -0.39 is 0 Å². The maximum atomic E-state index is 12.7. The summed E-state index contributed by atoms with van der Waals surface area (Å²) in [6.45, 7) is 4.23. The van der Waals surface area contributed by atoms with E-state index in [0.717, 1.165) is 5.39 Å². The number of hydrogen-bond acceptors (Lipinski definition) is 4.